The third kappa shape index (κ3) is 8.23. The Morgan fingerprint density at radius 1 is 0.731 bits per heavy atom. The third-order valence-corrected chi connectivity index (χ3v) is 17.9. The van der Waals surface area contributed by atoms with Gasteiger partial charge >= 0.3 is 5.97 Å². The molecule has 5 fully saturated rings. The highest BCUT2D eigenvalue weighted by Gasteiger charge is 2.82. The topological polar surface area (TPSA) is 26.3 Å². The molecule has 2 nitrogen and oxygen atoms in total. The maximum absolute atomic E-state index is 13.2. The van der Waals surface area contributed by atoms with Gasteiger partial charge in [0, 0.05) is 11.8 Å². The van der Waals surface area contributed by atoms with E-state index in [0.717, 1.165) is 37.0 Å². The van der Waals surface area contributed by atoms with Crippen LogP contribution in [0, 0.1) is 56.7 Å². The lowest BCUT2D eigenvalue weighted by atomic mass is 9.41. The standard InChI is InChI=1S/C50H86O2/c1-10-12-13-14-15-16-17-18-19-20-21-22-23-24-25-26-45(51)52-44-32-34-49-37-50(49)36-35-47(8)41(39(5)27-28-40(11-2)38(3)4)31-33-48(47,9)43(50)30-29-42(49)46(44,6)7/h18-19,39-44H,3,10-17,20-37H2,1-2,4-9H3. The summed E-state index contributed by atoms with van der Waals surface area (Å²) in [7, 11) is 0. The predicted octanol–water partition coefficient (Wildman–Crippen LogP) is 15.4. The van der Waals surface area contributed by atoms with Crippen LogP contribution in [0.3, 0.4) is 0 Å². The molecule has 10 atom stereocenters. The number of hydrogen-bond donors (Lipinski definition) is 0. The van der Waals surface area contributed by atoms with Gasteiger partial charge in [-0.05, 0) is 167 Å². The number of fused-ring (bicyclic) bond motifs is 2. The maximum Gasteiger partial charge on any atom is 0.306 e. The highest BCUT2D eigenvalue weighted by Crippen LogP contribution is 2.89. The summed E-state index contributed by atoms with van der Waals surface area (Å²) in [4.78, 5) is 13.2. The summed E-state index contributed by atoms with van der Waals surface area (Å²) in [5.41, 5.74) is 3.50. The molecular weight excluding hydrogens is 633 g/mol. The number of unbranched alkanes of at least 4 members (excludes halogenated alkanes) is 11. The van der Waals surface area contributed by atoms with Crippen molar-refractivity contribution in [1.82, 2.24) is 0 Å². The average Bonchev–Trinajstić information content (AvgIpc) is 3.69. The second-order valence-electron chi connectivity index (χ2n) is 20.8. The normalized spacial score (nSPS) is 37.1. The third-order valence-electron chi connectivity index (χ3n) is 17.9. The summed E-state index contributed by atoms with van der Waals surface area (Å²) in [6.45, 7) is 24.3. The number of carbonyl (C=O) groups excluding carboxylic acids is 1. The largest absolute Gasteiger partial charge is 0.462 e. The van der Waals surface area contributed by atoms with Crippen LogP contribution in [0.15, 0.2) is 24.3 Å². The molecule has 0 bridgehead atoms. The molecule has 0 radical (unpaired) electrons. The Labute approximate surface area is 323 Å². The van der Waals surface area contributed by atoms with Crippen LogP contribution in [0.1, 0.15) is 222 Å². The molecule has 0 aliphatic heterocycles. The fourth-order valence-corrected chi connectivity index (χ4v) is 14.5. The molecule has 298 valence electrons. The number of allylic oxidation sites excluding steroid dienone is 3. The van der Waals surface area contributed by atoms with Crippen molar-refractivity contribution in [3.8, 4) is 0 Å². The van der Waals surface area contributed by atoms with Crippen molar-refractivity contribution in [3.63, 3.8) is 0 Å². The van der Waals surface area contributed by atoms with E-state index in [0.29, 0.717) is 39.9 Å². The second kappa shape index (κ2) is 17.8. The SMILES string of the molecule is C=C(C)C(CC)CCC(C)C1CCC2(C)C3CCC4C(C)(C)C(OC(=O)CCCCCCCC=CCCCCCCCC)CCC45CC35CCC12C. The summed E-state index contributed by atoms with van der Waals surface area (Å²) >= 11 is 0. The van der Waals surface area contributed by atoms with Gasteiger partial charge in [-0.1, -0.05) is 124 Å². The predicted molar refractivity (Wildman–Crippen MR) is 223 cm³/mol. The Kier molecular flexibility index (Phi) is 14.4. The molecule has 0 amide bonds. The van der Waals surface area contributed by atoms with E-state index in [1.165, 1.54) is 147 Å². The van der Waals surface area contributed by atoms with Crippen molar-refractivity contribution < 1.29 is 9.53 Å². The van der Waals surface area contributed by atoms with Crippen LogP contribution < -0.4 is 0 Å². The van der Waals surface area contributed by atoms with E-state index in [-0.39, 0.29) is 17.5 Å². The first-order valence-electron chi connectivity index (χ1n) is 23.3. The van der Waals surface area contributed by atoms with E-state index in [2.05, 4.69) is 74.1 Å². The zero-order valence-corrected chi connectivity index (χ0v) is 36.0. The fraction of sp³-hybridized carbons (Fsp3) is 0.900. The molecule has 0 aromatic rings. The second-order valence-corrected chi connectivity index (χ2v) is 20.8. The van der Waals surface area contributed by atoms with Gasteiger partial charge in [-0.2, -0.15) is 0 Å². The molecular formula is C50H86O2. The molecule has 52 heavy (non-hydrogen) atoms. The lowest BCUT2D eigenvalue weighted by molar-refractivity contribution is -0.183. The first-order valence-corrected chi connectivity index (χ1v) is 23.3. The fourth-order valence-electron chi connectivity index (χ4n) is 14.5. The van der Waals surface area contributed by atoms with Gasteiger partial charge in [-0.15, -0.1) is 0 Å². The molecule has 0 saturated heterocycles. The molecule has 5 aliphatic carbocycles. The Balaban J connectivity index is 1.05. The Hall–Kier alpha value is -1.05. The van der Waals surface area contributed by atoms with Gasteiger partial charge in [0.15, 0.2) is 0 Å². The summed E-state index contributed by atoms with van der Waals surface area (Å²) in [6.07, 6.45) is 38.6. The number of hydrogen-bond acceptors (Lipinski definition) is 2. The summed E-state index contributed by atoms with van der Waals surface area (Å²) in [5, 5.41) is 0. The van der Waals surface area contributed by atoms with Crippen LogP contribution in [0.25, 0.3) is 0 Å². The lowest BCUT2D eigenvalue weighted by Gasteiger charge is -2.63. The molecule has 10 unspecified atom stereocenters. The lowest BCUT2D eigenvalue weighted by Crippen LogP contribution is -2.58. The van der Waals surface area contributed by atoms with Crippen LogP contribution in [-0.2, 0) is 9.53 Å². The highest BCUT2D eigenvalue weighted by molar-refractivity contribution is 5.69. The summed E-state index contributed by atoms with van der Waals surface area (Å²) in [5.74, 6) is 4.06. The van der Waals surface area contributed by atoms with Crippen LogP contribution in [0.4, 0.5) is 0 Å². The maximum atomic E-state index is 13.2. The first kappa shape index (κ1) is 42.1. The zero-order valence-electron chi connectivity index (χ0n) is 36.0. The summed E-state index contributed by atoms with van der Waals surface area (Å²) < 4.78 is 6.43. The quantitative estimate of drug-likeness (QED) is 0.0633. The molecule has 2 heteroatoms. The number of rotatable bonds is 22. The number of esters is 1. The van der Waals surface area contributed by atoms with Gasteiger partial charge in [-0.3, -0.25) is 4.79 Å². The molecule has 0 N–H and O–H groups in total. The Morgan fingerprint density at radius 2 is 1.35 bits per heavy atom. The van der Waals surface area contributed by atoms with Crippen molar-refractivity contribution >= 4 is 5.97 Å². The van der Waals surface area contributed by atoms with Gasteiger partial charge in [0.25, 0.3) is 0 Å². The van der Waals surface area contributed by atoms with E-state index in [9.17, 15) is 4.79 Å². The molecule has 0 aromatic heterocycles. The van der Waals surface area contributed by atoms with Gasteiger partial charge < -0.3 is 4.74 Å². The van der Waals surface area contributed by atoms with Crippen molar-refractivity contribution in [1.29, 1.82) is 0 Å². The van der Waals surface area contributed by atoms with Crippen molar-refractivity contribution in [2.45, 2.75) is 228 Å². The minimum atomic E-state index is 0.0754. The molecule has 5 saturated carbocycles. The molecule has 0 aromatic carbocycles. The van der Waals surface area contributed by atoms with Crippen molar-refractivity contribution in [3.05, 3.63) is 24.3 Å². The van der Waals surface area contributed by atoms with E-state index in [4.69, 9.17) is 4.74 Å². The van der Waals surface area contributed by atoms with Gasteiger partial charge in [0.05, 0.1) is 0 Å². The van der Waals surface area contributed by atoms with Gasteiger partial charge in [0.1, 0.15) is 6.10 Å². The average molecular weight is 719 g/mol. The van der Waals surface area contributed by atoms with E-state index in [1.807, 2.05) is 0 Å². The number of carbonyl (C=O) groups is 1. The van der Waals surface area contributed by atoms with E-state index < -0.39 is 0 Å². The molecule has 5 aliphatic rings. The van der Waals surface area contributed by atoms with Crippen molar-refractivity contribution in [2.24, 2.45) is 56.7 Å². The van der Waals surface area contributed by atoms with Crippen LogP contribution in [0.2, 0.25) is 0 Å². The zero-order chi connectivity index (χ0) is 37.6. The van der Waals surface area contributed by atoms with Crippen LogP contribution in [0.5, 0.6) is 0 Å². The Morgan fingerprint density at radius 3 is 2.00 bits per heavy atom. The summed E-state index contributed by atoms with van der Waals surface area (Å²) in [6, 6.07) is 0. The van der Waals surface area contributed by atoms with Crippen LogP contribution >= 0.6 is 0 Å². The van der Waals surface area contributed by atoms with Crippen LogP contribution in [-0.4, -0.2) is 12.1 Å². The minimum absolute atomic E-state index is 0.0754. The van der Waals surface area contributed by atoms with E-state index in [1.54, 1.807) is 0 Å². The molecule has 5 rings (SSSR count). The minimum Gasteiger partial charge on any atom is -0.462 e. The van der Waals surface area contributed by atoms with Crippen molar-refractivity contribution in [2.75, 3.05) is 0 Å². The number of ether oxygens (including phenoxy) is 1. The molecule has 2 spiro atoms. The molecule has 0 heterocycles. The highest BCUT2D eigenvalue weighted by atomic mass is 16.5. The smallest absolute Gasteiger partial charge is 0.306 e. The monoisotopic (exact) mass is 719 g/mol. The van der Waals surface area contributed by atoms with Gasteiger partial charge in [0.2, 0.25) is 0 Å². The first-order chi connectivity index (χ1) is 24.8. The van der Waals surface area contributed by atoms with E-state index >= 15 is 0 Å². The van der Waals surface area contributed by atoms with Gasteiger partial charge in [-0.25, -0.2) is 0 Å². The Bertz CT molecular complexity index is 1200.